The molecule has 0 bridgehead atoms. The Balaban J connectivity index is 1.17. The lowest BCUT2D eigenvalue weighted by molar-refractivity contribution is -0.274. The number of ether oxygens (including phenoxy) is 5. The summed E-state index contributed by atoms with van der Waals surface area (Å²) < 4.78 is 89.5. The lowest BCUT2D eigenvalue weighted by Gasteiger charge is -2.65. The van der Waals surface area contributed by atoms with Crippen molar-refractivity contribution in [2.75, 3.05) is 19.8 Å². The topological polar surface area (TPSA) is 114 Å². The number of benzene rings is 4. The van der Waals surface area contributed by atoms with Gasteiger partial charge in [-0.2, -0.15) is 0 Å². The Hall–Kier alpha value is -5.56. The molecule has 1 aliphatic heterocycles. The summed E-state index contributed by atoms with van der Waals surface area (Å²) in [5.41, 5.74) is -3.49. The van der Waals surface area contributed by atoms with E-state index in [0.717, 1.165) is 6.07 Å². The van der Waals surface area contributed by atoms with E-state index in [0.29, 0.717) is 38.5 Å². The van der Waals surface area contributed by atoms with Crippen molar-refractivity contribution in [2.24, 2.45) is 22.7 Å². The predicted octanol–water partition coefficient (Wildman–Crippen LogP) is 9.66. The van der Waals surface area contributed by atoms with Gasteiger partial charge < -0.3 is 23.7 Å². The lowest BCUT2D eigenvalue weighted by atomic mass is 9.43. The molecule has 7 rings (SSSR count). The molecule has 3 aliphatic rings. The van der Waals surface area contributed by atoms with Gasteiger partial charge in [0.15, 0.2) is 0 Å². The molecule has 3 fully saturated rings. The molecule has 2 saturated carbocycles. The molecule has 0 N–H and O–H groups in total. The zero-order valence-corrected chi connectivity index (χ0v) is 36.3. The van der Waals surface area contributed by atoms with Crippen molar-refractivity contribution >= 4 is 23.9 Å². The number of carbonyl (C=O) groups excluding carboxylic acids is 4. The van der Waals surface area contributed by atoms with E-state index in [1.54, 1.807) is 18.2 Å². The number of carbonyl (C=O) groups is 4. The Morgan fingerprint density at radius 2 is 1.14 bits per heavy atom. The quantitative estimate of drug-likeness (QED) is 0.0654. The second kappa shape index (κ2) is 19.3. The summed E-state index contributed by atoms with van der Waals surface area (Å²) in [6.07, 6.45) is 1.38. The first kappa shape index (κ1) is 46.4. The van der Waals surface area contributed by atoms with Crippen molar-refractivity contribution in [2.45, 2.75) is 102 Å². The smallest absolute Gasteiger partial charge is 0.341 e. The third-order valence-corrected chi connectivity index (χ3v) is 14.3. The first-order valence-corrected chi connectivity index (χ1v) is 21.9. The van der Waals surface area contributed by atoms with Crippen molar-refractivity contribution in [3.63, 3.8) is 0 Å². The molecule has 340 valence electrons. The van der Waals surface area contributed by atoms with Gasteiger partial charge in [0, 0.05) is 17.3 Å². The standard InChI is InChI=1S/C51H54F4O9/c1-33-20-21-42-48(2,31-61-45(57)29-35-13-5-9-17-39(35)53)43(63-46(58)30-36-14-6-10-18-40(36)54)22-23-49(42,3)51(33)25-24-50(64-51,32-62-47(59)37-15-7-11-19-41(37)55)26-27-60-44(56)28-34-12-4-8-16-38(34)52/h4-19,33,42-43H,20-32H2,1-3H3. The number of fused-ring (bicyclic) bond motifs is 2. The molecule has 13 heteroatoms. The Morgan fingerprint density at radius 1 is 0.609 bits per heavy atom. The lowest BCUT2D eigenvalue weighted by Crippen LogP contribution is -2.67. The van der Waals surface area contributed by atoms with Crippen LogP contribution in [0.5, 0.6) is 0 Å². The van der Waals surface area contributed by atoms with E-state index >= 15 is 0 Å². The van der Waals surface area contributed by atoms with Crippen LogP contribution in [0.1, 0.15) is 92.8 Å². The van der Waals surface area contributed by atoms with E-state index in [2.05, 4.69) is 13.8 Å². The maximum atomic E-state index is 14.7. The Kier molecular flexibility index (Phi) is 14.0. The van der Waals surface area contributed by atoms with Gasteiger partial charge in [0.2, 0.25) is 0 Å². The maximum Gasteiger partial charge on any atom is 0.341 e. The summed E-state index contributed by atoms with van der Waals surface area (Å²) in [5, 5.41) is 0. The number of rotatable bonds is 15. The van der Waals surface area contributed by atoms with E-state index < -0.39 is 75.3 Å². The molecule has 4 aromatic carbocycles. The minimum absolute atomic E-state index is 0.0606. The van der Waals surface area contributed by atoms with Gasteiger partial charge in [0.1, 0.15) is 48.2 Å². The maximum absolute atomic E-state index is 14.7. The van der Waals surface area contributed by atoms with E-state index in [1.807, 2.05) is 6.92 Å². The summed E-state index contributed by atoms with van der Waals surface area (Å²) in [7, 11) is 0. The van der Waals surface area contributed by atoms with Gasteiger partial charge in [-0.15, -0.1) is 0 Å². The fourth-order valence-electron chi connectivity index (χ4n) is 10.8. The van der Waals surface area contributed by atoms with Crippen LogP contribution in [0.25, 0.3) is 0 Å². The van der Waals surface area contributed by atoms with E-state index in [9.17, 15) is 36.7 Å². The number of halogens is 4. The number of hydrogen-bond acceptors (Lipinski definition) is 9. The van der Waals surface area contributed by atoms with Gasteiger partial charge in [0.05, 0.1) is 37.0 Å². The molecule has 1 heterocycles. The van der Waals surface area contributed by atoms with Gasteiger partial charge in [-0.3, -0.25) is 14.4 Å². The van der Waals surface area contributed by atoms with Crippen molar-refractivity contribution in [1.29, 1.82) is 0 Å². The molecular weight excluding hydrogens is 833 g/mol. The number of esters is 4. The van der Waals surface area contributed by atoms with Crippen LogP contribution in [-0.4, -0.2) is 61.0 Å². The van der Waals surface area contributed by atoms with Crippen LogP contribution >= 0.6 is 0 Å². The average molecular weight is 887 g/mol. The van der Waals surface area contributed by atoms with Crippen LogP contribution in [0, 0.1) is 45.9 Å². The predicted molar refractivity (Wildman–Crippen MR) is 227 cm³/mol. The normalized spacial score (nSPS) is 27.3. The van der Waals surface area contributed by atoms with Crippen LogP contribution < -0.4 is 0 Å². The largest absolute Gasteiger partial charge is 0.465 e. The summed E-state index contributed by atoms with van der Waals surface area (Å²) in [5.74, 6) is -5.56. The molecule has 2 aliphatic carbocycles. The zero-order chi connectivity index (χ0) is 45.7. The molecular formula is C51H54F4O9. The SMILES string of the molecule is CC1CCC2C(C)(COC(=O)Cc3ccccc3F)C(OC(=O)Cc3ccccc3F)CCC2(C)C12CCC(CCOC(=O)Cc1ccccc1F)(COC(=O)c1ccccc1F)O2. The van der Waals surface area contributed by atoms with Crippen LogP contribution in [-0.2, 0) is 57.3 Å². The van der Waals surface area contributed by atoms with E-state index in [1.165, 1.54) is 72.8 Å². The first-order chi connectivity index (χ1) is 30.6. The van der Waals surface area contributed by atoms with Crippen molar-refractivity contribution in [1.82, 2.24) is 0 Å². The fraction of sp³-hybridized carbons (Fsp3) is 0.451. The van der Waals surface area contributed by atoms with Gasteiger partial charge in [0.25, 0.3) is 0 Å². The molecule has 1 spiro atoms. The summed E-state index contributed by atoms with van der Waals surface area (Å²) in [6, 6.07) is 23.3. The second-order valence-electron chi connectivity index (χ2n) is 18.1. The minimum Gasteiger partial charge on any atom is -0.465 e. The summed E-state index contributed by atoms with van der Waals surface area (Å²) in [4.78, 5) is 53.3. The van der Waals surface area contributed by atoms with E-state index in [4.69, 9.17) is 23.7 Å². The monoisotopic (exact) mass is 886 g/mol. The highest BCUT2D eigenvalue weighted by atomic mass is 19.1. The summed E-state index contributed by atoms with van der Waals surface area (Å²) in [6.45, 7) is 5.53. The van der Waals surface area contributed by atoms with Crippen LogP contribution in [0.2, 0.25) is 0 Å². The third-order valence-electron chi connectivity index (χ3n) is 14.3. The van der Waals surface area contributed by atoms with Gasteiger partial charge in [-0.05, 0) is 97.4 Å². The second-order valence-corrected chi connectivity index (χ2v) is 18.1. The van der Waals surface area contributed by atoms with Crippen LogP contribution in [0.15, 0.2) is 97.1 Å². The highest BCUT2D eigenvalue weighted by Crippen LogP contribution is 2.68. The Morgan fingerprint density at radius 3 is 1.72 bits per heavy atom. The Bertz CT molecular complexity index is 2360. The summed E-state index contributed by atoms with van der Waals surface area (Å²) >= 11 is 0. The number of hydrogen-bond donors (Lipinski definition) is 0. The van der Waals surface area contributed by atoms with Gasteiger partial charge in [-0.25, -0.2) is 22.4 Å². The highest BCUT2D eigenvalue weighted by molar-refractivity contribution is 5.89. The molecule has 9 nitrogen and oxygen atoms in total. The third kappa shape index (κ3) is 9.60. The fourth-order valence-corrected chi connectivity index (χ4v) is 10.8. The van der Waals surface area contributed by atoms with Crippen molar-refractivity contribution in [3.05, 3.63) is 143 Å². The molecule has 1 saturated heterocycles. The Labute approximate surface area is 370 Å². The molecule has 7 atom stereocenters. The van der Waals surface area contributed by atoms with Crippen molar-refractivity contribution in [3.8, 4) is 0 Å². The highest BCUT2D eigenvalue weighted by Gasteiger charge is 2.70. The molecule has 0 aromatic heterocycles. The average Bonchev–Trinajstić information content (AvgIpc) is 3.66. The molecule has 0 amide bonds. The van der Waals surface area contributed by atoms with Crippen LogP contribution in [0.4, 0.5) is 17.6 Å². The first-order valence-electron chi connectivity index (χ1n) is 21.9. The van der Waals surface area contributed by atoms with Gasteiger partial charge in [-0.1, -0.05) is 87.5 Å². The molecule has 64 heavy (non-hydrogen) atoms. The molecule has 7 unspecified atom stereocenters. The van der Waals surface area contributed by atoms with E-state index in [-0.39, 0.29) is 79.6 Å². The minimum atomic E-state index is -1.20. The van der Waals surface area contributed by atoms with Crippen molar-refractivity contribution < 1.29 is 60.4 Å². The molecule has 0 radical (unpaired) electrons. The molecule has 4 aromatic rings. The van der Waals surface area contributed by atoms with Gasteiger partial charge >= 0.3 is 23.9 Å². The van der Waals surface area contributed by atoms with Crippen LogP contribution in [0.3, 0.4) is 0 Å². The zero-order valence-electron chi connectivity index (χ0n) is 36.3.